The van der Waals surface area contributed by atoms with Crippen LogP contribution in [0.4, 0.5) is 0 Å². The maximum atomic E-state index is 13.2. The molecule has 0 aromatic heterocycles. The van der Waals surface area contributed by atoms with Crippen LogP contribution in [0.2, 0.25) is 0 Å². The highest BCUT2D eigenvalue weighted by atomic mass is 16.4. The van der Waals surface area contributed by atoms with Gasteiger partial charge in [-0.3, -0.25) is 19.2 Å². The van der Waals surface area contributed by atoms with Crippen LogP contribution in [0.5, 0.6) is 0 Å². The van der Waals surface area contributed by atoms with E-state index >= 15 is 0 Å². The highest BCUT2D eigenvalue weighted by molar-refractivity contribution is 5.94. The zero-order valence-electron chi connectivity index (χ0n) is 18.7. The summed E-state index contributed by atoms with van der Waals surface area (Å²) in [6.45, 7) is 5.23. The smallest absolute Gasteiger partial charge is 0.328 e. The Hall–Kier alpha value is -2.73. The second kappa shape index (κ2) is 12.3. The number of likely N-dealkylation sites (tertiary alicyclic amines) is 1. The molecule has 1 aliphatic rings. The monoisotopic (exact) mass is 457 g/mol. The number of carbonyl (C=O) groups is 5. The first-order chi connectivity index (χ1) is 14.8. The van der Waals surface area contributed by atoms with Crippen molar-refractivity contribution in [2.24, 2.45) is 17.4 Å². The van der Waals surface area contributed by atoms with E-state index in [9.17, 15) is 34.2 Å². The number of amides is 4. The Kier molecular flexibility index (Phi) is 10.5. The molecule has 8 N–H and O–H groups in total. The zero-order valence-corrected chi connectivity index (χ0v) is 18.7. The molecule has 1 aliphatic heterocycles. The number of carboxylic acids is 1. The second-order valence-corrected chi connectivity index (χ2v) is 8.56. The standard InChI is InChI=1S/C20H35N5O7/c1-10(2)9-12(21)17(28)23-13(6-7-15(22)27)19(30)25-8-4-5-14(25)18(29)24-16(11(3)26)20(31)32/h10-14,16,26H,4-9,21H2,1-3H3,(H2,22,27)(H,23,28)(H,24,29)(H,31,32). The van der Waals surface area contributed by atoms with Gasteiger partial charge in [0.15, 0.2) is 6.04 Å². The predicted octanol–water partition coefficient (Wildman–Crippen LogP) is -1.95. The minimum atomic E-state index is -1.53. The normalized spacial score (nSPS) is 19.7. The van der Waals surface area contributed by atoms with Crippen molar-refractivity contribution in [2.75, 3.05) is 6.54 Å². The molecule has 32 heavy (non-hydrogen) atoms. The van der Waals surface area contributed by atoms with Crippen LogP contribution in [0, 0.1) is 5.92 Å². The van der Waals surface area contributed by atoms with Gasteiger partial charge in [-0.1, -0.05) is 13.8 Å². The van der Waals surface area contributed by atoms with Gasteiger partial charge in [-0.05, 0) is 38.5 Å². The molecule has 1 fully saturated rings. The topological polar surface area (TPSA) is 205 Å². The van der Waals surface area contributed by atoms with Crippen LogP contribution in [0.1, 0.15) is 52.9 Å². The Bertz CT molecular complexity index is 712. The minimum absolute atomic E-state index is 0.0649. The van der Waals surface area contributed by atoms with E-state index in [-0.39, 0.29) is 31.7 Å². The van der Waals surface area contributed by atoms with Gasteiger partial charge in [0.05, 0.1) is 12.1 Å². The van der Waals surface area contributed by atoms with Crippen LogP contribution in [0.25, 0.3) is 0 Å². The van der Waals surface area contributed by atoms with Crippen LogP contribution < -0.4 is 22.1 Å². The fourth-order valence-electron chi connectivity index (χ4n) is 3.58. The van der Waals surface area contributed by atoms with Gasteiger partial charge in [0.25, 0.3) is 0 Å². The number of nitrogens with one attached hydrogen (secondary N) is 2. The van der Waals surface area contributed by atoms with E-state index in [4.69, 9.17) is 11.5 Å². The number of primary amides is 1. The zero-order chi connectivity index (χ0) is 24.6. The summed E-state index contributed by atoms with van der Waals surface area (Å²) in [5.41, 5.74) is 11.1. The largest absolute Gasteiger partial charge is 0.480 e. The molecule has 5 atom stereocenters. The fraction of sp³-hybridized carbons (Fsp3) is 0.750. The quantitative estimate of drug-likeness (QED) is 0.194. The first-order valence-electron chi connectivity index (χ1n) is 10.7. The van der Waals surface area contributed by atoms with Gasteiger partial charge in [0.1, 0.15) is 12.1 Å². The second-order valence-electron chi connectivity index (χ2n) is 8.56. The molecule has 1 rings (SSSR count). The van der Waals surface area contributed by atoms with E-state index in [1.54, 1.807) is 0 Å². The number of carbonyl (C=O) groups excluding carboxylic acids is 4. The average molecular weight is 458 g/mol. The molecule has 1 saturated heterocycles. The fourth-order valence-corrected chi connectivity index (χ4v) is 3.58. The molecule has 0 bridgehead atoms. The van der Waals surface area contributed by atoms with Crippen LogP contribution in [-0.4, -0.2) is 81.5 Å². The first kappa shape index (κ1) is 27.3. The molecule has 0 aromatic rings. The van der Waals surface area contributed by atoms with Crippen molar-refractivity contribution in [1.29, 1.82) is 0 Å². The number of nitrogens with zero attached hydrogens (tertiary/aromatic N) is 1. The molecular formula is C20H35N5O7. The Labute approximate surface area is 187 Å². The summed E-state index contributed by atoms with van der Waals surface area (Å²) in [6, 6.07) is -4.47. The number of aliphatic hydroxyl groups is 1. The molecule has 0 aliphatic carbocycles. The SMILES string of the molecule is CC(C)CC(N)C(=O)NC(CCC(N)=O)C(=O)N1CCCC1C(=O)NC(C(=O)O)C(C)O. The van der Waals surface area contributed by atoms with Gasteiger partial charge in [0.2, 0.25) is 23.6 Å². The maximum absolute atomic E-state index is 13.2. The number of nitrogens with two attached hydrogens (primary N) is 2. The van der Waals surface area contributed by atoms with Gasteiger partial charge in [-0.25, -0.2) is 4.79 Å². The van der Waals surface area contributed by atoms with E-state index < -0.39 is 59.9 Å². The summed E-state index contributed by atoms with van der Waals surface area (Å²) in [5, 5.41) is 23.6. The highest BCUT2D eigenvalue weighted by Crippen LogP contribution is 2.20. The third-order valence-corrected chi connectivity index (χ3v) is 5.24. The van der Waals surface area contributed by atoms with Crippen molar-refractivity contribution in [1.82, 2.24) is 15.5 Å². The van der Waals surface area contributed by atoms with Gasteiger partial charge >= 0.3 is 5.97 Å². The van der Waals surface area contributed by atoms with Crippen LogP contribution in [-0.2, 0) is 24.0 Å². The lowest BCUT2D eigenvalue weighted by atomic mass is 10.0. The van der Waals surface area contributed by atoms with Crippen molar-refractivity contribution in [2.45, 2.75) is 83.1 Å². The first-order valence-corrected chi connectivity index (χ1v) is 10.7. The highest BCUT2D eigenvalue weighted by Gasteiger charge is 2.39. The van der Waals surface area contributed by atoms with Crippen LogP contribution in [0.15, 0.2) is 0 Å². The summed E-state index contributed by atoms with van der Waals surface area (Å²) in [7, 11) is 0. The molecule has 0 saturated carbocycles. The third kappa shape index (κ3) is 8.08. The lowest BCUT2D eigenvalue weighted by molar-refractivity contribution is -0.147. The van der Waals surface area contributed by atoms with Crippen molar-refractivity contribution in [3.8, 4) is 0 Å². The van der Waals surface area contributed by atoms with Gasteiger partial charge in [-0.15, -0.1) is 0 Å². The number of aliphatic hydroxyl groups excluding tert-OH is 1. The van der Waals surface area contributed by atoms with E-state index in [2.05, 4.69) is 10.6 Å². The van der Waals surface area contributed by atoms with Gasteiger partial charge in [0, 0.05) is 13.0 Å². The molecule has 1 heterocycles. The van der Waals surface area contributed by atoms with Crippen LogP contribution in [0.3, 0.4) is 0 Å². The average Bonchev–Trinajstić information content (AvgIpc) is 3.17. The summed E-state index contributed by atoms with van der Waals surface area (Å²) in [6.07, 6.45) is -0.402. The Balaban J connectivity index is 2.98. The van der Waals surface area contributed by atoms with Crippen molar-refractivity contribution in [3.63, 3.8) is 0 Å². The van der Waals surface area contributed by atoms with E-state index in [0.29, 0.717) is 12.8 Å². The van der Waals surface area contributed by atoms with Crippen LogP contribution >= 0.6 is 0 Å². The Morgan fingerprint density at radius 1 is 1.12 bits per heavy atom. The molecule has 12 heteroatoms. The van der Waals surface area contributed by atoms with Crippen molar-refractivity contribution < 1.29 is 34.2 Å². The lowest BCUT2D eigenvalue weighted by Crippen LogP contribution is -2.58. The van der Waals surface area contributed by atoms with Gasteiger partial charge < -0.3 is 37.2 Å². The summed E-state index contributed by atoms with van der Waals surface area (Å²) < 4.78 is 0. The number of carboxylic acid groups (broad SMARTS) is 1. The van der Waals surface area contributed by atoms with Crippen molar-refractivity contribution >= 4 is 29.6 Å². The van der Waals surface area contributed by atoms with E-state index in [1.807, 2.05) is 13.8 Å². The minimum Gasteiger partial charge on any atom is -0.480 e. The summed E-state index contributed by atoms with van der Waals surface area (Å²) >= 11 is 0. The molecular weight excluding hydrogens is 422 g/mol. The molecule has 0 radical (unpaired) electrons. The molecule has 182 valence electrons. The van der Waals surface area contributed by atoms with E-state index in [0.717, 1.165) is 0 Å². The predicted molar refractivity (Wildman–Crippen MR) is 114 cm³/mol. The molecule has 4 amide bonds. The number of aliphatic carboxylic acids is 1. The molecule has 0 aromatic carbocycles. The number of hydrogen-bond donors (Lipinski definition) is 6. The third-order valence-electron chi connectivity index (χ3n) is 5.24. The van der Waals surface area contributed by atoms with E-state index in [1.165, 1.54) is 11.8 Å². The Morgan fingerprint density at radius 2 is 1.75 bits per heavy atom. The summed E-state index contributed by atoms with van der Waals surface area (Å²) in [4.78, 5) is 62.1. The maximum Gasteiger partial charge on any atom is 0.328 e. The lowest BCUT2D eigenvalue weighted by Gasteiger charge is -2.30. The molecule has 0 spiro atoms. The summed E-state index contributed by atoms with van der Waals surface area (Å²) in [5.74, 6) is -3.77. The number of hydrogen-bond acceptors (Lipinski definition) is 7. The molecule has 5 unspecified atom stereocenters. The van der Waals surface area contributed by atoms with Crippen molar-refractivity contribution in [3.05, 3.63) is 0 Å². The Morgan fingerprint density at radius 3 is 2.25 bits per heavy atom. The number of rotatable bonds is 12. The molecule has 12 nitrogen and oxygen atoms in total. The van der Waals surface area contributed by atoms with Gasteiger partial charge in [-0.2, -0.15) is 0 Å².